The third-order valence-corrected chi connectivity index (χ3v) is 9.25. The quantitative estimate of drug-likeness (QED) is 0.208. The number of allylic oxidation sites excluding steroid dienone is 4. The summed E-state index contributed by atoms with van der Waals surface area (Å²) >= 11 is 0. The van der Waals surface area contributed by atoms with Crippen LogP contribution in [0.3, 0.4) is 0 Å². The maximum atomic E-state index is 6.21. The molecule has 2 heteroatoms. The van der Waals surface area contributed by atoms with Crippen molar-refractivity contribution < 1.29 is 4.43 Å². The van der Waals surface area contributed by atoms with E-state index in [2.05, 4.69) is 65.1 Å². The predicted molar refractivity (Wildman–Crippen MR) is 104 cm³/mol. The minimum atomic E-state index is -1.52. The van der Waals surface area contributed by atoms with E-state index in [1.807, 2.05) is 0 Å². The van der Waals surface area contributed by atoms with Crippen LogP contribution in [0.25, 0.3) is 0 Å². The summed E-state index contributed by atoms with van der Waals surface area (Å²) in [6, 6.07) is 0. The Kier molecular flexibility index (Phi) is 11.9. The minimum absolute atomic E-state index is 0.341. The zero-order valence-electron chi connectivity index (χ0n) is 16.1. The molecule has 0 bridgehead atoms. The Hall–Kier alpha value is -0.343. The summed E-state index contributed by atoms with van der Waals surface area (Å²) in [6.07, 6.45) is 19.3. The molecule has 0 N–H and O–H groups in total. The fourth-order valence-corrected chi connectivity index (χ4v) is 3.13. The summed E-state index contributed by atoms with van der Waals surface area (Å²) in [6.45, 7) is 14.7. The van der Waals surface area contributed by atoms with E-state index in [0.717, 1.165) is 13.0 Å². The molecule has 0 rings (SSSR count). The highest BCUT2D eigenvalue weighted by Crippen LogP contribution is 2.36. The Morgan fingerprint density at radius 1 is 0.818 bits per heavy atom. The van der Waals surface area contributed by atoms with Gasteiger partial charge in [-0.3, -0.25) is 0 Å². The van der Waals surface area contributed by atoms with Crippen molar-refractivity contribution in [3.63, 3.8) is 0 Å². The van der Waals surface area contributed by atoms with Crippen molar-refractivity contribution in [1.29, 1.82) is 0 Å². The average Bonchev–Trinajstić information content (AvgIpc) is 2.42. The van der Waals surface area contributed by atoms with Crippen molar-refractivity contribution in [2.75, 3.05) is 6.61 Å². The van der Waals surface area contributed by atoms with Crippen LogP contribution in [0.5, 0.6) is 0 Å². The maximum Gasteiger partial charge on any atom is 0.191 e. The summed E-state index contributed by atoms with van der Waals surface area (Å²) in [5.41, 5.74) is 0. The first-order valence-electron chi connectivity index (χ1n) is 9.21. The van der Waals surface area contributed by atoms with Crippen LogP contribution in [0.1, 0.15) is 79.1 Å². The summed E-state index contributed by atoms with van der Waals surface area (Å²) in [5.74, 6) is 0. The second-order valence-corrected chi connectivity index (χ2v) is 12.6. The number of hydrogen-bond acceptors (Lipinski definition) is 1. The van der Waals surface area contributed by atoms with Crippen molar-refractivity contribution in [2.24, 2.45) is 0 Å². The molecule has 0 aliphatic carbocycles. The second-order valence-electron chi connectivity index (χ2n) is 7.79. The van der Waals surface area contributed by atoms with Gasteiger partial charge in [-0.15, -0.1) is 0 Å². The molecule has 0 amide bonds. The Bertz CT molecular complexity index is 310. The lowest BCUT2D eigenvalue weighted by Gasteiger charge is -2.36. The molecular formula is C20H40OSi. The molecule has 0 atom stereocenters. The number of rotatable bonds is 12. The minimum Gasteiger partial charge on any atom is -0.417 e. The van der Waals surface area contributed by atoms with Crippen molar-refractivity contribution in [3.8, 4) is 0 Å². The lowest BCUT2D eigenvalue weighted by molar-refractivity contribution is 0.277. The Morgan fingerprint density at radius 2 is 1.41 bits per heavy atom. The number of hydrogen-bond donors (Lipinski definition) is 0. The molecule has 0 unspecified atom stereocenters. The molecular weight excluding hydrogens is 284 g/mol. The molecule has 0 fully saturated rings. The lowest BCUT2D eigenvalue weighted by atomic mass is 10.1. The van der Waals surface area contributed by atoms with E-state index in [1.54, 1.807) is 0 Å². The average molecular weight is 325 g/mol. The van der Waals surface area contributed by atoms with Gasteiger partial charge in [0.15, 0.2) is 8.32 Å². The van der Waals surface area contributed by atoms with E-state index in [9.17, 15) is 0 Å². The van der Waals surface area contributed by atoms with E-state index < -0.39 is 8.32 Å². The predicted octanol–water partition coefficient (Wildman–Crippen LogP) is 7.26. The van der Waals surface area contributed by atoms with Crippen LogP contribution in [0, 0.1) is 0 Å². The van der Waals surface area contributed by atoms with Gasteiger partial charge < -0.3 is 4.43 Å². The van der Waals surface area contributed by atoms with E-state index in [0.29, 0.717) is 5.04 Å². The first-order chi connectivity index (χ1) is 10.3. The zero-order valence-corrected chi connectivity index (χ0v) is 17.1. The highest BCUT2D eigenvalue weighted by Gasteiger charge is 2.36. The van der Waals surface area contributed by atoms with Crippen molar-refractivity contribution in [1.82, 2.24) is 0 Å². The molecule has 0 aliphatic heterocycles. The van der Waals surface area contributed by atoms with Gasteiger partial charge in [0.05, 0.1) is 0 Å². The smallest absolute Gasteiger partial charge is 0.191 e. The van der Waals surface area contributed by atoms with Crippen LogP contribution in [-0.4, -0.2) is 14.9 Å². The van der Waals surface area contributed by atoms with Gasteiger partial charge in [-0.25, -0.2) is 0 Å². The van der Waals surface area contributed by atoms with Crippen LogP contribution in [0.15, 0.2) is 24.3 Å². The van der Waals surface area contributed by atoms with Crippen molar-refractivity contribution in [3.05, 3.63) is 24.3 Å². The summed E-state index contributed by atoms with van der Waals surface area (Å²) in [5, 5.41) is 0.341. The maximum absolute atomic E-state index is 6.21. The van der Waals surface area contributed by atoms with Crippen LogP contribution in [-0.2, 0) is 4.43 Å². The van der Waals surface area contributed by atoms with E-state index >= 15 is 0 Å². The second kappa shape index (κ2) is 12.1. The molecule has 0 aromatic carbocycles. The topological polar surface area (TPSA) is 9.23 Å². The van der Waals surface area contributed by atoms with Gasteiger partial charge in [-0.2, -0.15) is 0 Å². The van der Waals surface area contributed by atoms with Gasteiger partial charge in [0, 0.05) is 6.61 Å². The summed E-state index contributed by atoms with van der Waals surface area (Å²) in [7, 11) is -1.52. The lowest BCUT2D eigenvalue weighted by Crippen LogP contribution is -2.40. The first kappa shape index (κ1) is 21.7. The molecule has 0 aromatic heterocycles. The molecule has 130 valence electrons. The molecule has 0 radical (unpaired) electrons. The van der Waals surface area contributed by atoms with Gasteiger partial charge in [-0.05, 0) is 50.7 Å². The fourth-order valence-electron chi connectivity index (χ4n) is 2.04. The van der Waals surface area contributed by atoms with Gasteiger partial charge >= 0.3 is 0 Å². The van der Waals surface area contributed by atoms with Gasteiger partial charge in [0.25, 0.3) is 0 Å². The third kappa shape index (κ3) is 11.3. The summed E-state index contributed by atoms with van der Waals surface area (Å²) in [4.78, 5) is 0. The molecule has 0 saturated carbocycles. The summed E-state index contributed by atoms with van der Waals surface area (Å²) < 4.78 is 6.21. The molecule has 0 aliphatic rings. The Labute approximate surface area is 141 Å². The molecule has 0 spiro atoms. The Balaban J connectivity index is 3.39. The van der Waals surface area contributed by atoms with Crippen LogP contribution >= 0.6 is 0 Å². The van der Waals surface area contributed by atoms with Gasteiger partial charge in [-0.1, -0.05) is 70.8 Å². The largest absolute Gasteiger partial charge is 0.417 e. The third-order valence-electron chi connectivity index (χ3n) is 4.71. The van der Waals surface area contributed by atoms with Crippen LogP contribution < -0.4 is 0 Å². The van der Waals surface area contributed by atoms with Gasteiger partial charge in [0.2, 0.25) is 0 Å². The molecule has 0 aromatic rings. The van der Waals surface area contributed by atoms with Gasteiger partial charge in [0.1, 0.15) is 0 Å². The van der Waals surface area contributed by atoms with E-state index in [-0.39, 0.29) is 0 Å². The van der Waals surface area contributed by atoms with Crippen molar-refractivity contribution >= 4 is 8.32 Å². The van der Waals surface area contributed by atoms with Crippen LogP contribution in [0.2, 0.25) is 18.1 Å². The number of unbranched alkanes of at least 4 members (excludes halogenated alkanes) is 6. The molecule has 22 heavy (non-hydrogen) atoms. The monoisotopic (exact) mass is 324 g/mol. The van der Waals surface area contributed by atoms with E-state index in [1.165, 1.54) is 44.9 Å². The van der Waals surface area contributed by atoms with E-state index in [4.69, 9.17) is 4.43 Å². The Morgan fingerprint density at radius 3 is 2.00 bits per heavy atom. The molecule has 0 heterocycles. The fraction of sp³-hybridized carbons (Fsp3) is 0.800. The van der Waals surface area contributed by atoms with Crippen LogP contribution in [0.4, 0.5) is 0 Å². The SMILES string of the molecule is C/C=C\C/C=C/CCCCCCCCO[Si](C)(C)C(C)(C)C. The zero-order chi connectivity index (χ0) is 16.9. The first-order valence-corrected chi connectivity index (χ1v) is 12.1. The molecule has 0 saturated heterocycles. The molecule has 1 nitrogen and oxygen atoms in total. The highest BCUT2D eigenvalue weighted by atomic mass is 28.4. The van der Waals surface area contributed by atoms with Crippen molar-refractivity contribution in [2.45, 2.75) is 97.2 Å². The normalized spacial score (nSPS) is 13.5. The highest BCUT2D eigenvalue weighted by molar-refractivity contribution is 6.74. The standard InChI is InChI=1S/C20H40OSi/c1-7-8-9-10-11-12-13-14-15-16-17-18-19-21-22(5,6)20(2,3)4/h7-8,10-11H,9,12-19H2,1-6H3/b8-7-,11-10+.